The first-order chi connectivity index (χ1) is 20.8. The van der Waals surface area contributed by atoms with Crippen molar-refractivity contribution in [3.63, 3.8) is 0 Å². The second kappa shape index (κ2) is 12.9. The van der Waals surface area contributed by atoms with E-state index in [0.717, 1.165) is 16.2 Å². The molecule has 4 aromatic rings. The number of hydrogen-bond donors (Lipinski definition) is 2. The van der Waals surface area contributed by atoms with Gasteiger partial charge in [-0.1, -0.05) is 36.4 Å². The third-order valence-electron chi connectivity index (χ3n) is 7.12. The lowest BCUT2D eigenvalue weighted by molar-refractivity contribution is -0.198. The van der Waals surface area contributed by atoms with Gasteiger partial charge in [0.2, 0.25) is 0 Å². The number of aromatic nitrogens is 4. The molecule has 0 saturated carbocycles. The van der Waals surface area contributed by atoms with E-state index in [1.807, 2.05) is 74.5 Å². The molecular formula is C29H34N5O6PS2. The molecule has 0 amide bonds. The van der Waals surface area contributed by atoms with Crippen LogP contribution in [-0.4, -0.2) is 61.5 Å². The van der Waals surface area contributed by atoms with Crippen LogP contribution in [0.25, 0.3) is 11.2 Å². The Morgan fingerprint density at radius 3 is 2.28 bits per heavy atom. The highest BCUT2D eigenvalue weighted by Crippen LogP contribution is 2.74. The number of imidazole rings is 1. The molecule has 14 heteroatoms. The summed E-state index contributed by atoms with van der Waals surface area (Å²) >= 11 is 2.42. The van der Waals surface area contributed by atoms with Crippen molar-refractivity contribution in [2.45, 2.75) is 73.4 Å². The van der Waals surface area contributed by atoms with Crippen LogP contribution in [0.1, 0.15) is 32.9 Å². The van der Waals surface area contributed by atoms with Crippen LogP contribution >= 0.6 is 28.5 Å². The minimum atomic E-state index is -3.34. The number of benzene rings is 2. The number of nitrogens with one attached hydrogen (secondary N) is 1. The van der Waals surface area contributed by atoms with Crippen LogP contribution in [0.2, 0.25) is 0 Å². The third kappa shape index (κ3) is 6.79. The van der Waals surface area contributed by atoms with E-state index in [0.29, 0.717) is 24.1 Å². The summed E-state index contributed by atoms with van der Waals surface area (Å²) in [5, 5.41) is 17.8. The molecule has 0 spiro atoms. The predicted molar refractivity (Wildman–Crippen MR) is 164 cm³/mol. The van der Waals surface area contributed by atoms with Gasteiger partial charge in [-0.2, -0.15) is 0 Å². The van der Waals surface area contributed by atoms with E-state index in [9.17, 15) is 4.57 Å². The van der Waals surface area contributed by atoms with Crippen molar-refractivity contribution >= 4 is 39.7 Å². The molecule has 11 nitrogen and oxygen atoms in total. The maximum absolute atomic E-state index is 14.3. The van der Waals surface area contributed by atoms with Crippen LogP contribution in [0.15, 0.2) is 83.1 Å². The molecule has 0 radical (unpaired) electrons. The molecule has 2 fully saturated rings. The highest BCUT2D eigenvalue weighted by molar-refractivity contribution is 8.89. The van der Waals surface area contributed by atoms with Crippen LogP contribution in [0.5, 0.6) is 0 Å². The first-order valence-corrected chi connectivity index (χ1v) is 18.5. The lowest BCUT2D eigenvalue weighted by atomic mass is 10.1. The van der Waals surface area contributed by atoms with E-state index >= 15 is 0 Å². The molecule has 6 rings (SSSR count). The molecule has 2 aliphatic rings. The first kappa shape index (κ1) is 30.5. The van der Waals surface area contributed by atoms with Gasteiger partial charge in [0.05, 0.1) is 19.3 Å². The average molecular weight is 644 g/mol. The maximum Gasteiger partial charge on any atom is 0.322 e. The zero-order valence-corrected chi connectivity index (χ0v) is 26.3. The summed E-state index contributed by atoms with van der Waals surface area (Å²) in [7, 11) is 0. The highest BCUT2D eigenvalue weighted by Gasteiger charge is 2.56. The number of aliphatic hydroxyl groups excluding tert-OH is 1. The summed E-state index contributed by atoms with van der Waals surface area (Å²) in [5.74, 6) is -4.21. The molecule has 4 heterocycles. The molecule has 4 atom stereocenters. The fraction of sp³-hybridized carbons (Fsp3) is 0.414. The number of ether oxygens (including phenoxy) is 3. The van der Waals surface area contributed by atoms with Crippen molar-refractivity contribution in [3.05, 3.63) is 78.8 Å². The zero-order chi connectivity index (χ0) is 30.0. The molecule has 0 aliphatic carbocycles. The Hall–Kier alpha value is -2.48. The molecule has 2 aromatic heterocycles. The van der Waals surface area contributed by atoms with Gasteiger partial charge in [-0.25, -0.2) is 9.97 Å². The van der Waals surface area contributed by atoms with Crippen LogP contribution in [0.3, 0.4) is 0 Å². The van der Waals surface area contributed by atoms with Gasteiger partial charge in [-0.3, -0.25) is 14.5 Å². The van der Waals surface area contributed by atoms with Crippen LogP contribution in [0, 0.1) is 5.41 Å². The van der Waals surface area contributed by atoms with E-state index < -0.39 is 36.1 Å². The molecule has 0 bridgehead atoms. The van der Waals surface area contributed by atoms with Crippen molar-refractivity contribution in [1.29, 1.82) is 5.41 Å². The summed E-state index contributed by atoms with van der Waals surface area (Å²) in [6.45, 7) is 4.38. The Labute approximate surface area is 257 Å². The van der Waals surface area contributed by atoms with Crippen LogP contribution in [-0.2, 0) is 29.8 Å². The number of aliphatic hydroxyl groups is 1. The van der Waals surface area contributed by atoms with Crippen LogP contribution in [0.4, 0.5) is 0 Å². The smallest absolute Gasteiger partial charge is 0.322 e. The Morgan fingerprint density at radius 2 is 1.63 bits per heavy atom. The number of unbranched alkanes of at least 4 members (excludes halogenated alkanes) is 1. The minimum Gasteiger partial charge on any atom is -0.396 e. The van der Waals surface area contributed by atoms with Crippen molar-refractivity contribution in [3.8, 4) is 0 Å². The molecular weight excluding hydrogens is 609 g/mol. The quantitative estimate of drug-likeness (QED) is 0.148. The lowest BCUT2D eigenvalue weighted by Gasteiger charge is -2.25. The van der Waals surface area contributed by atoms with Gasteiger partial charge in [-0.15, -0.1) is 0 Å². The second-order valence-electron chi connectivity index (χ2n) is 10.7. The molecule has 228 valence electrons. The summed E-state index contributed by atoms with van der Waals surface area (Å²) < 4.78 is 43.1. The Balaban J connectivity index is 1.25. The highest BCUT2D eigenvalue weighted by atomic mass is 33.1. The molecule has 2 aromatic carbocycles. The van der Waals surface area contributed by atoms with Gasteiger partial charge >= 0.3 is 5.77 Å². The van der Waals surface area contributed by atoms with Gasteiger partial charge in [0, 0.05) is 22.9 Å². The molecule has 2 aliphatic heterocycles. The average Bonchev–Trinajstić information content (AvgIpc) is 3.65. The van der Waals surface area contributed by atoms with Crippen molar-refractivity contribution < 1.29 is 28.4 Å². The largest absolute Gasteiger partial charge is 0.396 e. The number of fused-ring (bicyclic) bond motifs is 2. The van der Waals surface area contributed by atoms with Gasteiger partial charge in [0.1, 0.15) is 23.8 Å². The Kier molecular flexibility index (Phi) is 9.14. The monoisotopic (exact) mass is 643 g/mol. The molecule has 2 saturated heterocycles. The third-order valence-corrected chi connectivity index (χ3v) is 13.6. The van der Waals surface area contributed by atoms with E-state index in [1.165, 1.54) is 22.8 Å². The first-order valence-electron chi connectivity index (χ1n) is 14.1. The predicted octanol–water partition coefficient (Wildman–Crippen LogP) is 5.61. The molecule has 0 unspecified atom stereocenters. The van der Waals surface area contributed by atoms with Crippen LogP contribution < -0.4 is 5.49 Å². The van der Waals surface area contributed by atoms with E-state index in [-0.39, 0.29) is 18.7 Å². The molecule has 43 heavy (non-hydrogen) atoms. The van der Waals surface area contributed by atoms with E-state index in [2.05, 4.69) is 9.97 Å². The summed E-state index contributed by atoms with van der Waals surface area (Å²) in [4.78, 5) is 10.8. The zero-order valence-electron chi connectivity index (χ0n) is 23.8. The number of aryl methyl sites for hydroxylation is 1. The maximum atomic E-state index is 14.3. The second-order valence-corrected chi connectivity index (χ2v) is 17.9. The Bertz CT molecular complexity index is 1610. The van der Waals surface area contributed by atoms with Gasteiger partial charge in [-0.05, 0) is 73.7 Å². The minimum absolute atomic E-state index is 0.0165. The Morgan fingerprint density at radius 1 is 0.977 bits per heavy atom. The number of rotatable bonds is 12. The van der Waals surface area contributed by atoms with Gasteiger partial charge in [0.25, 0.3) is 0 Å². The SMILES string of the molecule is CC1(C)O[C@@H]2[C@H](O1)[C@@H](COP(=O)(Sc1ccccc1)Sc1ccccc1)O[C@H]2n1cnc2c(=N)n(CCCCO)cnc21. The standard InChI is InChI=1S/C29H34N5O6PS2/c1-29(2)39-24-22(17-37-41(36,42-20-11-5-3-6-12-20)43-21-13-7-4-8-14-21)38-28(25(24)40-29)34-19-31-23-26(30)33(15-9-10-16-35)18-32-27(23)34/h3-8,11-14,18-19,22,24-25,28,30,35H,9-10,15-17H2,1-2H3/t22-,24-,25-,28-/m1/s1. The summed E-state index contributed by atoms with van der Waals surface area (Å²) in [6, 6.07) is 19.1. The van der Waals surface area contributed by atoms with E-state index in [1.54, 1.807) is 21.8 Å². The van der Waals surface area contributed by atoms with Gasteiger partial charge < -0.3 is 28.4 Å². The van der Waals surface area contributed by atoms with E-state index in [4.69, 9.17) is 29.3 Å². The number of hydrogen-bond acceptors (Lipinski definition) is 11. The fourth-order valence-electron chi connectivity index (χ4n) is 5.19. The lowest BCUT2D eigenvalue weighted by Crippen LogP contribution is -2.32. The summed E-state index contributed by atoms with van der Waals surface area (Å²) in [6.07, 6.45) is 2.37. The fourth-order valence-corrected chi connectivity index (χ4v) is 11.7. The van der Waals surface area contributed by atoms with Gasteiger partial charge in [0.15, 0.2) is 23.1 Å². The van der Waals surface area contributed by atoms with Crippen molar-refractivity contribution in [1.82, 2.24) is 19.1 Å². The van der Waals surface area contributed by atoms with Crippen molar-refractivity contribution in [2.75, 3.05) is 13.2 Å². The normalized spacial score (nSPS) is 23.1. The topological polar surface area (TPSA) is 134 Å². The molecule has 2 N–H and O–H groups in total. The number of nitrogens with zero attached hydrogens (tertiary/aromatic N) is 4. The van der Waals surface area contributed by atoms with Crippen molar-refractivity contribution in [2.24, 2.45) is 0 Å². The summed E-state index contributed by atoms with van der Waals surface area (Å²) in [5.41, 5.74) is 1.16.